The van der Waals surface area contributed by atoms with E-state index in [9.17, 15) is 0 Å². The molecule has 0 bridgehead atoms. The first-order valence-corrected chi connectivity index (χ1v) is 8.85. The molecule has 0 unspecified atom stereocenters. The van der Waals surface area contributed by atoms with Crippen molar-refractivity contribution < 1.29 is 9.13 Å². The molecule has 0 aliphatic carbocycles. The van der Waals surface area contributed by atoms with Crippen LogP contribution in [0.2, 0.25) is 0 Å². The molecule has 3 rings (SSSR count). The van der Waals surface area contributed by atoms with Crippen molar-refractivity contribution in [1.29, 1.82) is 0 Å². The van der Waals surface area contributed by atoms with Crippen LogP contribution in [-0.4, -0.2) is 0 Å². The van der Waals surface area contributed by atoms with Crippen molar-refractivity contribution in [3.05, 3.63) is 70.5 Å². The van der Waals surface area contributed by atoms with E-state index in [1.54, 1.807) is 0 Å². The largest absolute Gasteiger partial charge is 0.213 e. The van der Waals surface area contributed by atoms with Crippen LogP contribution in [0.1, 0.15) is 28.1 Å². The second kappa shape index (κ2) is 6.44. The molecule has 0 amide bonds. The van der Waals surface area contributed by atoms with Crippen molar-refractivity contribution in [3.8, 4) is 22.5 Å². The lowest BCUT2D eigenvalue weighted by Gasteiger charge is -2.16. The van der Waals surface area contributed by atoms with Crippen LogP contribution in [0.3, 0.4) is 0 Å². The Kier molecular flexibility index (Phi) is 4.47. The van der Waals surface area contributed by atoms with Crippen LogP contribution in [0.5, 0.6) is 0 Å². The Bertz CT molecular complexity index is 893. The van der Waals surface area contributed by atoms with Crippen molar-refractivity contribution in [3.63, 3.8) is 0 Å². The highest BCUT2D eigenvalue weighted by Crippen LogP contribution is 2.34. The number of aryl methyl sites for hydroxylation is 4. The number of nitrogens with zero attached hydrogens (tertiary/aromatic N) is 2. The Morgan fingerprint density at radius 3 is 1.40 bits per heavy atom. The van der Waals surface area contributed by atoms with E-state index in [4.69, 9.17) is 0 Å². The molecule has 0 radical (unpaired) electrons. The van der Waals surface area contributed by atoms with Crippen LogP contribution >= 0.6 is 0 Å². The van der Waals surface area contributed by atoms with Gasteiger partial charge in [-0.1, -0.05) is 6.07 Å². The van der Waals surface area contributed by atoms with Gasteiger partial charge in [-0.3, -0.25) is 0 Å². The molecule has 2 heterocycles. The minimum Gasteiger partial charge on any atom is -0.199 e. The van der Waals surface area contributed by atoms with Gasteiger partial charge in [-0.2, -0.15) is 9.13 Å². The van der Waals surface area contributed by atoms with Gasteiger partial charge >= 0.3 is 0 Å². The molecule has 0 saturated carbocycles. The maximum absolute atomic E-state index is 2.32. The zero-order chi connectivity index (χ0) is 18.3. The monoisotopic (exact) mass is 332 g/mol. The summed E-state index contributed by atoms with van der Waals surface area (Å²) in [7, 11) is 4.30. The summed E-state index contributed by atoms with van der Waals surface area (Å²) in [5.41, 5.74) is 11.8. The number of aromatic nitrogens is 2. The average molecular weight is 332 g/mol. The summed E-state index contributed by atoms with van der Waals surface area (Å²) in [5, 5.41) is 0. The molecule has 1 aromatic carbocycles. The Balaban J connectivity index is 2.37. The predicted octanol–water partition coefficient (Wildman–Crippen LogP) is 4.21. The second-order valence-corrected chi connectivity index (χ2v) is 7.11. The number of benzene rings is 1. The molecule has 2 aromatic heterocycles. The lowest BCUT2D eigenvalue weighted by Crippen LogP contribution is -2.36. The number of hydrogen-bond donors (Lipinski definition) is 0. The van der Waals surface area contributed by atoms with Crippen molar-refractivity contribution in [2.45, 2.75) is 34.6 Å². The SMILES string of the molecule is Cc1cc(C)c(-c2cccc(C)[n+]2C)c(C)c1-c1cccc(C)[n+]1C. The van der Waals surface area contributed by atoms with Gasteiger partial charge in [0, 0.05) is 38.1 Å². The van der Waals surface area contributed by atoms with Gasteiger partial charge in [0.1, 0.15) is 14.1 Å². The quantitative estimate of drug-likeness (QED) is 0.621. The van der Waals surface area contributed by atoms with Crippen LogP contribution < -0.4 is 9.13 Å². The maximum atomic E-state index is 2.32. The van der Waals surface area contributed by atoms with Crippen LogP contribution in [0.25, 0.3) is 22.5 Å². The topological polar surface area (TPSA) is 7.76 Å². The summed E-state index contributed by atoms with van der Waals surface area (Å²) >= 11 is 0. The number of rotatable bonds is 2. The fourth-order valence-corrected chi connectivity index (χ4v) is 3.86. The molecule has 0 aliphatic rings. The van der Waals surface area contributed by atoms with Crippen LogP contribution in [0, 0.1) is 34.6 Å². The third-order valence-corrected chi connectivity index (χ3v) is 5.45. The highest BCUT2D eigenvalue weighted by Gasteiger charge is 2.24. The standard InChI is InChI=1S/C23H28N2/c1-15-14-16(2)23(21-13-9-11-18(4)25(21)7)19(5)22(15)20-12-8-10-17(3)24(20)6/h8-14H,1-7H3/q+2. The summed E-state index contributed by atoms with van der Waals surface area (Å²) in [6.07, 6.45) is 0. The highest BCUT2D eigenvalue weighted by atomic mass is 14.9. The molecule has 0 fully saturated rings. The van der Waals surface area contributed by atoms with E-state index in [1.807, 2.05) is 0 Å². The van der Waals surface area contributed by atoms with E-state index in [1.165, 1.54) is 50.6 Å². The molecular formula is C23H28N2+2. The van der Waals surface area contributed by atoms with Crippen molar-refractivity contribution in [2.75, 3.05) is 0 Å². The van der Waals surface area contributed by atoms with Crippen LogP contribution in [0.15, 0.2) is 42.5 Å². The van der Waals surface area contributed by atoms with E-state index in [-0.39, 0.29) is 0 Å². The van der Waals surface area contributed by atoms with E-state index in [0.717, 1.165) is 0 Å². The van der Waals surface area contributed by atoms with Gasteiger partial charge in [0.05, 0.1) is 11.1 Å². The van der Waals surface area contributed by atoms with Gasteiger partial charge in [0.2, 0.25) is 11.4 Å². The third kappa shape index (κ3) is 2.86. The van der Waals surface area contributed by atoms with E-state index >= 15 is 0 Å². The number of pyridine rings is 2. The van der Waals surface area contributed by atoms with Gasteiger partial charge < -0.3 is 0 Å². The van der Waals surface area contributed by atoms with Crippen molar-refractivity contribution >= 4 is 0 Å². The van der Waals surface area contributed by atoms with E-state index < -0.39 is 0 Å². The van der Waals surface area contributed by atoms with Gasteiger partial charge in [-0.05, 0) is 49.6 Å². The molecule has 3 aromatic rings. The Morgan fingerprint density at radius 1 is 0.600 bits per heavy atom. The first kappa shape index (κ1) is 17.3. The minimum absolute atomic E-state index is 1.26. The smallest absolute Gasteiger partial charge is 0.199 e. The maximum Gasteiger partial charge on any atom is 0.213 e. The van der Waals surface area contributed by atoms with Crippen LogP contribution in [0.4, 0.5) is 0 Å². The molecule has 0 saturated heterocycles. The fraction of sp³-hybridized carbons (Fsp3) is 0.304. The predicted molar refractivity (Wildman–Crippen MR) is 103 cm³/mol. The first-order chi connectivity index (χ1) is 11.8. The summed E-state index contributed by atoms with van der Waals surface area (Å²) < 4.78 is 4.56. The molecular weight excluding hydrogens is 304 g/mol. The second-order valence-electron chi connectivity index (χ2n) is 7.11. The van der Waals surface area contributed by atoms with Crippen LogP contribution in [-0.2, 0) is 14.1 Å². The summed E-state index contributed by atoms with van der Waals surface area (Å²) in [6, 6.07) is 15.4. The molecule has 25 heavy (non-hydrogen) atoms. The fourth-order valence-electron chi connectivity index (χ4n) is 3.86. The molecule has 0 spiro atoms. The zero-order valence-electron chi connectivity index (χ0n) is 16.4. The van der Waals surface area contributed by atoms with Gasteiger partial charge in [-0.25, -0.2) is 0 Å². The van der Waals surface area contributed by atoms with Gasteiger partial charge in [0.15, 0.2) is 11.4 Å². The molecule has 2 heteroatoms. The zero-order valence-corrected chi connectivity index (χ0v) is 16.4. The Labute approximate surface area is 151 Å². The molecule has 0 atom stereocenters. The van der Waals surface area contributed by atoms with Gasteiger partial charge in [-0.15, -0.1) is 0 Å². The normalized spacial score (nSPS) is 11.0. The molecule has 0 N–H and O–H groups in total. The number of hydrogen-bond acceptors (Lipinski definition) is 0. The van der Waals surface area contributed by atoms with Crippen molar-refractivity contribution in [1.82, 2.24) is 0 Å². The highest BCUT2D eigenvalue weighted by molar-refractivity contribution is 5.78. The summed E-state index contributed by atoms with van der Waals surface area (Å²) in [5.74, 6) is 0. The first-order valence-electron chi connectivity index (χ1n) is 8.85. The van der Waals surface area contributed by atoms with E-state index in [0.29, 0.717) is 0 Å². The lowest BCUT2D eigenvalue weighted by molar-refractivity contribution is -0.666. The molecule has 0 aliphatic heterocycles. The average Bonchev–Trinajstić information content (AvgIpc) is 2.55. The van der Waals surface area contributed by atoms with Gasteiger partial charge in [0.25, 0.3) is 0 Å². The van der Waals surface area contributed by atoms with Crippen molar-refractivity contribution in [2.24, 2.45) is 14.1 Å². The minimum atomic E-state index is 1.26. The molecule has 128 valence electrons. The summed E-state index contributed by atoms with van der Waals surface area (Å²) in [4.78, 5) is 0. The Morgan fingerprint density at radius 2 is 1.00 bits per heavy atom. The molecule has 2 nitrogen and oxygen atoms in total. The summed E-state index contributed by atoms with van der Waals surface area (Å²) in [6.45, 7) is 11.0. The Hall–Kier alpha value is -2.48. The van der Waals surface area contributed by atoms with E-state index in [2.05, 4.69) is 100 Å². The lowest BCUT2D eigenvalue weighted by atomic mass is 9.89. The third-order valence-electron chi connectivity index (χ3n) is 5.45.